The largest absolute Gasteiger partial charge is 0.298 e. The second kappa shape index (κ2) is 2.27. The van der Waals surface area contributed by atoms with Crippen molar-refractivity contribution >= 4 is 18.2 Å². The van der Waals surface area contributed by atoms with E-state index in [0.717, 1.165) is 17.6 Å². The molecule has 2 aliphatic rings. The molecule has 0 unspecified atom stereocenters. The minimum Gasteiger partial charge on any atom is -0.298 e. The molecule has 2 heterocycles. The molecule has 0 aromatic heterocycles. The van der Waals surface area contributed by atoms with E-state index in [0.29, 0.717) is 12.1 Å². The number of dihydropyridines is 1. The van der Waals surface area contributed by atoms with Crippen LogP contribution in [0.25, 0.3) is 0 Å². The monoisotopic (exact) mass is 146 g/mol. The Morgan fingerprint density at radius 2 is 2.45 bits per heavy atom. The summed E-state index contributed by atoms with van der Waals surface area (Å²) in [4.78, 5) is 18.5. The van der Waals surface area contributed by atoms with Gasteiger partial charge in [-0.1, -0.05) is 0 Å². The van der Waals surface area contributed by atoms with Crippen LogP contribution in [0, 0.1) is 0 Å². The van der Waals surface area contributed by atoms with Crippen molar-refractivity contribution in [1.82, 2.24) is 0 Å². The van der Waals surface area contributed by atoms with Crippen LogP contribution in [0.2, 0.25) is 0 Å². The summed E-state index contributed by atoms with van der Waals surface area (Å²) in [6.07, 6.45) is 5.94. The lowest BCUT2D eigenvalue weighted by molar-refractivity contribution is -0.104. The van der Waals surface area contributed by atoms with E-state index < -0.39 is 0 Å². The van der Waals surface area contributed by atoms with E-state index in [4.69, 9.17) is 0 Å². The molecule has 2 aliphatic heterocycles. The zero-order valence-corrected chi connectivity index (χ0v) is 5.82. The molecule has 0 saturated heterocycles. The topological polar surface area (TPSA) is 41.8 Å². The second-order valence-corrected chi connectivity index (χ2v) is 2.35. The Labute approximate surface area is 63.9 Å². The van der Waals surface area contributed by atoms with Crippen molar-refractivity contribution in [2.75, 3.05) is 6.54 Å². The molecule has 0 N–H and O–H groups in total. The minimum atomic E-state index is 0.597. The normalized spacial score (nSPS) is 20.2. The summed E-state index contributed by atoms with van der Waals surface area (Å²) in [5.41, 5.74) is 2.45. The van der Waals surface area contributed by atoms with E-state index in [2.05, 4.69) is 9.98 Å². The fourth-order valence-electron chi connectivity index (χ4n) is 1.15. The van der Waals surface area contributed by atoms with Gasteiger partial charge in [-0.25, -0.2) is 0 Å². The number of aldehydes is 1. The average Bonchev–Trinajstić information content (AvgIpc) is 2.50. The standard InChI is InChI=1S/C8H6N2O/c11-5-6-3-9-4-8-7(6)1-2-10-8/h1-3,5H,4H2. The van der Waals surface area contributed by atoms with Gasteiger partial charge in [0.1, 0.15) is 0 Å². The zero-order valence-electron chi connectivity index (χ0n) is 5.82. The van der Waals surface area contributed by atoms with E-state index in [1.807, 2.05) is 6.08 Å². The highest BCUT2D eigenvalue weighted by Gasteiger charge is 2.15. The number of hydrogen-bond donors (Lipinski definition) is 0. The molecule has 0 spiro atoms. The Hall–Kier alpha value is -1.51. The van der Waals surface area contributed by atoms with E-state index >= 15 is 0 Å². The van der Waals surface area contributed by atoms with Crippen molar-refractivity contribution < 1.29 is 4.79 Å². The van der Waals surface area contributed by atoms with Crippen molar-refractivity contribution in [2.24, 2.45) is 9.98 Å². The lowest BCUT2D eigenvalue weighted by Gasteiger charge is -2.05. The molecule has 0 fully saturated rings. The molecule has 3 nitrogen and oxygen atoms in total. The Morgan fingerprint density at radius 1 is 1.55 bits per heavy atom. The first-order chi connectivity index (χ1) is 5.42. The Balaban J connectivity index is 2.54. The molecule has 0 atom stereocenters. The molecule has 2 rings (SSSR count). The molecule has 0 aromatic carbocycles. The second-order valence-electron chi connectivity index (χ2n) is 2.35. The third-order valence-electron chi connectivity index (χ3n) is 1.69. The van der Waals surface area contributed by atoms with Crippen molar-refractivity contribution in [2.45, 2.75) is 0 Å². The van der Waals surface area contributed by atoms with Crippen LogP contribution < -0.4 is 0 Å². The number of carbonyl (C=O) groups is 1. The number of carbonyl (C=O) groups excluding carboxylic acids is 1. The highest BCUT2D eigenvalue weighted by Crippen LogP contribution is 2.15. The first kappa shape index (κ1) is 6.22. The van der Waals surface area contributed by atoms with Crippen LogP contribution in [0.5, 0.6) is 0 Å². The van der Waals surface area contributed by atoms with Crippen LogP contribution in [0.1, 0.15) is 0 Å². The van der Waals surface area contributed by atoms with Gasteiger partial charge in [0.05, 0.1) is 12.3 Å². The van der Waals surface area contributed by atoms with Crippen LogP contribution >= 0.6 is 0 Å². The Bertz CT molecular complexity index is 321. The van der Waals surface area contributed by atoms with Gasteiger partial charge in [-0.05, 0) is 6.08 Å². The summed E-state index contributed by atoms with van der Waals surface area (Å²) in [5.74, 6) is 0. The average molecular weight is 146 g/mol. The number of aliphatic imine (C=N–C) groups is 2. The van der Waals surface area contributed by atoms with Crippen LogP contribution in [0.15, 0.2) is 33.4 Å². The maximum absolute atomic E-state index is 10.5. The van der Waals surface area contributed by atoms with Crippen LogP contribution in [-0.2, 0) is 4.79 Å². The summed E-state index contributed by atoms with van der Waals surface area (Å²) >= 11 is 0. The van der Waals surface area contributed by atoms with E-state index in [9.17, 15) is 4.79 Å². The number of rotatable bonds is 1. The third kappa shape index (κ3) is 0.852. The molecule has 11 heavy (non-hydrogen) atoms. The van der Waals surface area contributed by atoms with Crippen molar-refractivity contribution in [3.63, 3.8) is 0 Å². The highest BCUT2D eigenvalue weighted by atomic mass is 16.1. The van der Waals surface area contributed by atoms with Gasteiger partial charge < -0.3 is 0 Å². The van der Waals surface area contributed by atoms with Gasteiger partial charge in [0, 0.05) is 23.6 Å². The molecule has 0 aliphatic carbocycles. The van der Waals surface area contributed by atoms with Crippen LogP contribution in [0.3, 0.4) is 0 Å². The van der Waals surface area contributed by atoms with E-state index in [-0.39, 0.29) is 0 Å². The molecule has 0 amide bonds. The number of nitrogens with zero attached hydrogens (tertiary/aromatic N) is 2. The van der Waals surface area contributed by atoms with E-state index in [1.165, 1.54) is 0 Å². The maximum Gasteiger partial charge on any atom is 0.152 e. The summed E-state index contributed by atoms with van der Waals surface area (Å²) in [6.45, 7) is 0.597. The van der Waals surface area contributed by atoms with Crippen LogP contribution in [0.4, 0.5) is 0 Å². The third-order valence-corrected chi connectivity index (χ3v) is 1.69. The molecular weight excluding hydrogens is 140 g/mol. The molecule has 0 saturated carbocycles. The number of hydrogen-bond acceptors (Lipinski definition) is 3. The molecule has 3 heteroatoms. The van der Waals surface area contributed by atoms with E-state index in [1.54, 1.807) is 12.4 Å². The minimum absolute atomic E-state index is 0.597. The SMILES string of the molecule is O=CC1=C2C=CN=C2CN=C1. The molecule has 0 bridgehead atoms. The predicted molar refractivity (Wildman–Crippen MR) is 43.0 cm³/mol. The summed E-state index contributed by atoms with van der Waals surface area (Å²) in [5, 5.41) is 0. The summed E-state index contributed by atoms with van der Waals surface area (Å²) in [6, 6.07) is 0. The molecular formula is C8H6N2O. The lowest BCUT2D eigenvalue weighted by Crippen LogP contribution is -2.12. The Kier molecular flexibility index (Phi) is 1.28. The number of allylic oxidation sites excluding steroid dienone is 2. The fraction of sp³-hybridized carbons (Fsp3) is 0.125. The smallest absolute Gasteiger partial charge is 0.152 e. The van der Waals surface area contributed by atoms with Gasteiger partial charge in [-0.2, -0.15) is 0 Å². The molecule has 0 aromatic rings. The van der Waals surface area contributed by atoms with Gasteiger partial charge in [-0.3, -0.25) is 14.8 Å². The van der Waals surface area contributed by atoms with Gasteiger partial charge in [-0.15, -0.1) is 0 Å². The number of fused-ring (bicyclic) bond motifs is 1. The fourth-order valence-corrected chi connectivity index (χ4v) is 1.15. The van der Waals surface area contributed by atoms with Gasteiger partial charge in [0.15, 0.2) is 6.29 Å². The summed E-state index contributed by atoms with van der Waals surface area (Å²) in [7, 11) is 0. The predicted octanol–water partition coefficient (Wildman–Crippen LogP) is 0.535. The van der Waals surface area contributed by atoms with Gasteiger partial charge in [0.2, 0.25) is 0 Å². The van der Waals surface area contributed by atoms with Crippen molar-refractivity contribution in [1.29, 1.82) is 0 Å². The summed E-state index contributed by atoms with van der Waals surface area (Å²) < 4.78 is 0. The quantitative estimate of drug-likeness (QED) is 0.497. The highest BCUT2D eigenvalue weighted by molar-refractivity contribution is 6.19. The van der Waals surface area contributed by atoms with Crippen molar-refractivity contribution in [3.8, 4) is 0 Å². The van der Waals surface area contributed by atoms with Gasteiger partial charge in [0.25, 0.3) is 0 Å². The lowest BCUT2D eigenvalue weighted by atomic mass is 10.0. The maximum atomic E-state index is 10.5. The first-order valence-corrected chi connectivity index (χ1v) is 3.34. The molecule has 0 radical (unpaired) electrons. The zero-order chi connectivity index (χ0) is 7.68. The van der Waals surface area contributed by atoms with Crippen LogP contribution in [-0.4, -0.2) is 24.8 Å². The van der Waals surface area contributed by atoms with Gasteiger partial charge >= 0.3 is 0 Å². The molecule has 54 valence electrons. The van der Waals surface area contributed by atoms with Crippen molar-refractivity contribution in [3.05, 3.63) is 23.4 Å². The first-order valence-electron chi connectivity index (χ1n) is 3.34. The Morgan fingerprint density at radius 3 is 3.27 bits per heavy atom.